The van der Waals surface area contributed by atoms with E-state index in [1.807, 2.05) is 6.07 Å². The molecule has 1 aromatic heterocycles. The molecule has 52 heavy (non-hydrogen) atoms. The quantitative estimate of drug-likeness (QED) is 0.145. The van der Waals surface area contributed by atoms with E-state index in [-0.39, 0.29) is 46.2 Å². The number of hydrogen-bond donors (Lipinski definition) is 2. The Hall–Kier alpha value is -4.14. The van der Waals surface area contributed by atoms with Crippen LogP contribution < -0.4 is 15.0 Å². The van der Waals surface area contributed by atoms with Crippen LogP contribution in [-0.4, -0.2) is 77.3 Å². The number of aromatic nitrogens is 2. The smallest absolute Gasteiger partial charge is 0.319 e. The number of hydrogen-bond acceptors (Lipinski definition) is 7. The number of benzene rings is 3. The van der Waals surface area contributed by atoms with E-state index in [4.69, 9.17) is 21.1 Å². The van der Waals surface area contributed by atoms with Gasteiger partial charge in [-0.1, -0.05) is 12.0 Å². The van der Waals surface area contributed by atoms with Crippen molar-refractivity contribution in [1.82, 2.24) is 20.2 Å². The minimum Gasteiger partial charge on any atom is -0.508 e. The average molecular weight is 712 g/mol. The number of piperazine rings is 1. The number of nitrogens with zero attached hydrogens (tertiary/aromatic N) is 4. The number of aromatic hydroxyl groups is 1. The molecule has 6 aliphatic rings. The Labute approximate surface area is 299 Å². The number of halogens is 4. The van der Waals surface area contributed by atoms with Crippen LogP contribution in [0.25, 0.3) is 32.8 Å². The lowest BCUT2D eigenvalue weighted by Gasteiger charge is -2.35. The van der Waals surface area contributed by atoms with E-state index in [1.54, 1.807) is 6.07 Å². The largest absolute Gasteiger partial charge is 0.508 e. The number of phenolic OH excluding ortho intramolecular Hbond substituents is 1. The highest BCUT2D eigenvalue weighted by molar-refractivity contribution is 6.05. The van der Waals surface area contributed by atoms with Crippen LogP contribution in [0.5, 0.6) is 11.8 Å². The van der Waals surface area contributed by atoms with Crippen molar-refractivity contribution in [3.05, 3.63) is 53.1 Å². The maximum absolute atomic E-state index is 17.5. The second-order valence-electron chi connectivity index (χ2n) is 16.6. The van der Waals surface area contributed by atoms with E-state index >= 15 is 8.78 Å². The van der Waals surface area contributed by atoms with Crippen molar-refractivity contribution in [2.45, 2.75) is 81.7 Å². The van der Waals surface area contributed by atoms with Gasteiger partial charge in [0.05, 0.1) is 12.2 Å². The first-order chi connectivity index (χ1) is 25.0. The highest BCUT2D eigenvalue weighted by Crippen LogP contribution is 2.66. The van der Waals surface area contributed by atoms with Crippen molar-refractivity contribution in [3.8, 4) is 35.2 Å². The van der Waals surface area contributed by atoms with Crippen molar-refractivity contribution >= 4 is 27.5 Å². The average Bonchev–Trinajstić information content (AvgIpc) is 4.08. The monoisotopic (exact) mass is 711 g/mol. The van der Waals surface area contributed by atoms with E-state index in [0.717, 1.165) is 63.7 Å². The lowest BCUT2D eigenvalue weighted by Crippen LogP contribution is -2.51. The zero-order valence-electron chi connectivity index (χ0n) is 29.0. The SMILES string of the molecule is C#Cc1c(F)ccc2cc(O)cc(-c3c(C4CC4)cc4c(N5CC6CCC(C5)N6)nc(OCC5(CN6CCC7(CC6)CC7(F)F)CC5)nc4c3F)c12. The van der Waals surface area contributed by atoms with E-state index in [1.165, 1.54) is 18.2 Å². The van der Waals surface area contributed by atoms with Crippen LogP contribution in [0.1, 0.15) is 74.8 Å². The Morgan fingerprint density at radius 1 is 0.981 bits per heavy atom. The molecule has 10 rings (SSSR count). The molecule has 2 bridgehead atoms. The molecule has 0 radical (unpaired) electrons. The van der Waals surface area contributed by atoms with Gasteiger partial charge in [-0.25, -0.2) is 17.6 Å². The topological polar surface area (TPSA) is 73.8 Å². The zero-order chi connectivity index (χ0) is 35.6. The van der Waals surface area contributed by atoms with Crippen molar-refractivity contribution in [1.29, 1.82) is 0 Å². The summed E-state index contributed by atoms with van der Waals surface area (Å²) in [6, 6.07) is 8.50. The van der Waals surface area contributed by atoms with Crippen molar-refractivity contribution < 1.29 is 27.4 Å². The number of nitrogens with one attached hydrogen (secondary N) is 1. The molecular formula is C41H41F4N5O2. The zero-order valence-corrected chi connectivity index (χ0v) is 29.0. The lowest BCUT2D eigenvalue weighted by atomic mass is 9.88. The predicted molar refractivity (Wildman–Crippen MR) is 191 cm³/mol. The Morgan fingerprint density at radius 2 is 1.71 bits per heavy atom. The van der Waals surface area contributed by atoms with E-state index in [0.29, 0.717) is 72.2 Å². The van der Waals surface area contributed by atoms with Crippen molar-refractivity contribution in [3.63, 3.8) is 0 Å². The first-order valence-corrected chi connectivity index (χ1v) is 18.7. The molecule has 1 spiro atoms. The first kappa shape index (κ1) is 32.5. The summed E-state index contributed by atoms with van der Waals surface area (Å²) in [5.41, 5.74) is 0.564. The number of piperidine rings is 1. The summed E-state index contributed by atoms with van der Waals surface area (Å²) in [4.78, 5) is 14.3. The van der Waals surface area contributed by atoms with Gasteiger partial charge >= 0.3 is 6.01 Å². The first-order valence-electron chi connectivity index (χ1n) is 18.7. The molecule has 270 valence electrons. The summed E-state index contributed by atoms with van der Waals surface area (Å²) in [5, 5.41) is 16.0. The van der Waals surface area contributed by atoms with Gasteiger partial charge in [-0.3, -0.25) is 0 Å². The van der Waals surface area contributed by atoms with Crippen LogP contribution in [-0.2, 0) is 0 Å². The number of likely N-dealkylation sites (tertiary alicyclic amines) is 1. The van der Waals surface area contributed by atoms with Gasteiger partial charge in [-0.2, -0.15) is 9.97 Å². The third kappa shape index (κ3) is 5.31. The standard InChI is InChI=1S/C41H41F4N5O2/c1-2-28-32(42)8-5-24-15-27(51)16-30(33(24)28)34-29(23-3-4-23)17-31-36(35(34)43)47-38(48-37(31)50-18-25-6-7-26(19-50)46-25)52-22-39(9-10-39)21-49-13-11-40(12-14-49)20-41(40,44)45/h1,5,8,15-17,23,25-26,46,51H,3-4,6-7,9-14,18-22H2. The van der Waals surface area contributed by atoms with Gasteiger partial charge in [0.15, 0.2) is 5.82 Å². The summed E-state index contributed by atoms with van der Waals surface area (Å²) in [6.07, 6.45) is 12.7. The van der Waals surface area contributed by atoms with Crippen LogP contribution in [0, 0.1) is 34.8 Å². The van der Waals surface area contributed by atoms with Gasteiger partial charge in [0.1, 0.15) is 22.9 Å². The van der Waals surface area contributed by atoms with Gasteiger partial charge in [-0.05, 0) is 111 Å². The molecule has 3 aliphatic heterocycles. The summed E-state index contributed by atoms with van der Waals surface area (Å²) >= 11 is 0. The van der Waals surface area contributed by atoms with Gasteiger partial charge in [0, 0.05) is 65.3 Å². The fourth-order valence-corrected chi connectivity index (χ4v) is 9.52. The molecule has 3 aromatic carbocycles. The predicted octanol–water partition coefficient (Wildman–Crippen LogP) is 7.51. The van der Waals surface area contributed by atoms with Gasteiger partial charge in [0.2, 0.25) is 0 Å². The molecule has 0 amide bonds. The Kier molecular flexibility index (Phi) is 7.14. The van der Waals surface area contributed by atoms with Crippen LogP contribution in [0.3, 0.4) is 0 Å². The molecule has 4 heterocycles. The number of fused-ring (bicyclic) bond motifs is 4. The minimum absolute atomic E-state index is 0.0156. The Balaban J connectivity index is 1.05. The minimum atomic E-state index is -2.52. The van der Waals surface area contributed by atoms with Crippen LogP contribution in [0.15, 0.2) is 30.3 Å². The Morgan fingerprint density at radius 3 is 2.37 bits per heavy atom. The van der Waals surface area contributed by atoms with E-state index in [2.05, 4.69) is 21.0 Å². The highest BCUT2D eigenvalue weighted by Gasteiger charge is 2.70. The number of anilines is 1. The second-order valence-corrected chi connectivity index (χ2v) is 16.6. The highest BCUT2D eigenvalue weighted by atomic mass is 19.3. The van der Waals surface area contributed by atoms with Gasteiger partial charge in [0.25, 0.3) is 5.92 Å². The molecule has 11 heteroatoms. The summed E-state index contributed by atoms with van der Waals surface area (Å²) < 4.78 is 67.1. The fourth-order valence-electron chi connectivity index (χ4n) is 9.52. The fraction of sp³-hybridized carbons (Fsp3) is 0.512. The molecule has 2 N–H and O–H groups in total. The summed E-state index contributed by atoms with van der Waals surface area (Å²) in [7, 11) is 0. The molecule has 2 atom stereocenters. The third-order valence-corrected chi connectivity index (χ3v) is 13.0. The molecule has 6 fully saturated rings. The van der Waals surface area contributed by atoms with Crippen molar-refractivity contribution in [2.75, 3.05) is 44.2 Å². The molecule has 3 saturated carbocycles. The van der Waals surface area contributed by atoms with Crippen LogP contribution in [0.4, 0.5) is 23.4 Å². The third-order valence-electron chi connectivity index (χ3n) is 13.0. The molecule has 3 aliphatic carbocycles. The van der Waals surface area contributed by atoms with Crippen molar-refractivity contribution in [2.24, 2.45) is 10.8 Å². The maximum atomic E-state index is 17.5. The van der Waals surface area contributed by atoms with Gasteiger partial charge < -0.3 is 25.0 Å². The lowest BCUT2D eigenvalue weighted by molar-refractivity contribution is 0.0252. The summed E-state index contributed by atoms with van der Waals surface area (Å²) in [5.74, 6) is -0.572. The summed E-state index contributed by atoms with van der Waals surface area (Å²) in [6.45, 7) is 3.88. The Bertz CT molecular complexity index is 2170. The number of phenols is 1. The number of rotatable bonds is 8. The molecular weight excluding hydrogens is 670 g/mol. The molecule has 2 unspecified atom stereocenters. The van der Waals surface area contributed by atoms with Gasteiger partial charge in [-0.15, -0.1) is 6.42 Å². The number of alkyl halides is 2. The maximum Gasteiger partial charge on any atom is 0.319 e. The van der Waals surface area contributed by atoms with Crippen LogP contribution in [0.2, 0.25) is 0 Å². The van der Waals surface area contributed by atoms with Crippen LogP contribution >= 0.6 is 0 Å². The van der Waals surface area contributed by atoms with E-state index < -0.39 is 23.0 Å². The van der Waals surface area contributed by atoms with E-state index in [9.17, 15) is 13.9 Å². The molecule has 4 aromatic rings. The molecule has 7 nitrogen and oxygen atoms in total. The normalized spacial score (nSPS) is 25.5. The number of ether oxygens (including phenoxy) is 1. The second kappa shape index (κ2) is 11.4. The molecule has 3 saturated heterocycles. The number of terminal acetylenes is 1.